The number of carbonyl (C=O) groups is 2. The molecule has 2 amide bonds. The van der Waals surface area contributed by atoms with E-state index >= 15 is 0 Å². The highest BCUT2D eigenvalue weighted by Gasteiger charge is 2.50. The second kappa shape index (κ2) is 9.20. The van der Waals surface area contributed by atoms with E-state index < -0.39 is 48.1 Å². The van der Waals surface area contributed by atoms with Gasteiger partial charge in [0, 0.05) is 10.9 Å². The number of fused-ring (bicyclic) bond motifs is 2. The molecule has 35 heavy (non-hydrogen) atoms. The lowest BCUT2D eigenvalue weighted by atomic mass is 10.1. The first-order chi connectivity index (χ1) is 16.8. The van der Waals surface area contributed by atoms with E-state index in [-0.39, 0.29) is 18.8 Å². The normalized spacial score (nSPS) is 23.6. The van der Waals surface area contributed by atoms with Crippen molar-refractivity contribution in [2.75, 3.05) is 18.5 Å². The maximum absolute atomic E-state index is 12.7. The van der Waals surface area contributed by atoms with Crippen LogP contribution in [-0.2, 0) is 20.4 Å². The quantitative estimate of drug-likeness (QED) is 0.572. The Bertz CT molecular complexity index is 1240. The molecule has 2 N–H and O–H groups in total. The lowest BCUT2D eigenvalue weighted by Crippen LogP contribution is -2.44. The molecule has 3 aromatic rings. The van der Waals surface area contributed by atoms with Gasteiger partial charge in [-0.25, -0.2) is 4.79 Å². The zero-order valence-electron chi connectivity index (χ0n) is 18.2. The molecule has 0 spiro atoms. The minimum Gasteiger partial charge on any atom is -0.441 e. The Balaban J connectivity index is 1.18. The predicted octanol–water partition coefficient (Wildman–Crippen LogP) is 4.37. The molecule has 0 radical (unpaired) electrons. The van der Waals surface area contributed by atoms with E-state index in [1.807, 2.05) is 36.4 Å². The molecule has 5 rings (SSSR count). The summed E-state index contributed by atoms with van der Waals surface area (Å²) in [6, 6.07) is 16.6. The van der Waals surface area contributed by atoms with Crippen LogP contribution >= 0.6 is 0 Å². The van der Waals surface area contributed by atoms with Gasteiger partial charge in [-0.3, -0.25) is 10.1 Å². The summed E-state index contributed by atoms with van der Waals surface area (Å²) in [5, 5.41) is 7.33. The van der Waals surface area contributed by atoms with Crippen molar-refractivity contribution in [2.24, 2.45) is 0 Å². The second-order valence-corrected chi connectivity index (χ2v) is 8.35. The largest absolute Gasteiger partial charge is 0.441 e. The van der Waals surface area contributed by atoms with Crippen LogP contribution in [0.1, 0.15) is 15.9 Å². The van der Waals surface area contributed by atoms with E-state index in [1.54, 1.807) is 6.07 Å². The van der Waals surface area contributed by atoms with Gasteiger partial charge in [-0.1, -0.05) is 36.4 Å². The van der Waals surface area contributed by atoms with Crippen LogP contribution in [-0.4, -0.2) is 49.6 Å². The molecule has 2 aliphatic heterocycles. The van der Waals surface area contributed by atoms with Gasteiger partial charge in [0.25, 0.3) is 5.91 Å². The average molecular weight is 486 g/mol. The molecule has 2 aliphatic rings. The van der Waals surface area contributed by atoms with Gasteiger partial charge in [0.15, 0.2) is 6.10 Å². The summed E-state index contributed by atoms with van der Waals surface area (Å²) in [6.07, 6.45) is -6.94. The number of ether oxygens (including phenoxy) is 3. The van der Waals surface area contributed by atoms with Crippen LogP contribution < -0.4 is 10.6 Å². The van der Waals surface area contributed by atoms with Crippen LogP contribution in [0.15, 0.2) is 66.7 Å². The third-order valence-corrected chi connectivity index (χ3v) is 6.08. The first kappa shape index (κ1) is 23.1. The summed E-state index contributed by atoms with van der Waals surface area (Å²) in [7, 11) is 0. The number of hydrogen-bond acceptors (Lipinski definition) is 5. The molecule has 0 aliphatic carbocycles. The van der Waals surface area contributed by atoms with Crippen molar-refractivity contribution in [1.29, 1.82) is 0 Å². The Morgan fingerprint density at radius 3 is 2.37 bits per heavy atom. The van der Waals surface area contributed by atoms with Crippen LogP contribution in [0, 0.1) is 0 Å². The Kier molecular flexibility index (Phi) is 6.08. The molecule has 0 unspecified atom stereocenters. The van der Waals surface area contributed by atoms with Crippen molar-refractivity contribution in [3.63, 3.8) is 0 Å². The Morgan fingerprint density at radius 2 is 1.60 bits per heavy atom. The molecule has 0 bridgehead atoms. The molecular weight excluding hydrogens is 465 g/mol. The van der Waals surface area contributed by atoms with Crippen LogP contribution in [0.3, 0.4) is 0 Å². The maximum atomic E-state index is 12.7. The summed E-state index contributed by atoms with van der Waals surface area (Å²) < 4.78 is 55.2. The number of halogens is 3. The molecule has 2 saturated heterocycles. The zero-order valence-corrected chi connectivity index (χ0v) is 18.2. The van der Waals surface area contributed by atoms with Gasteiger partial charge in [-0.05, 0) is 35.7 Å². The van der Waals surface area contributed by atoms with Gasteiger partial charge in [0.2, 0.25) is 0 Å². The van der Waals surface area contributed by atoms with Gasteiger partial charge in [0.1, 0.15) is 12.2 Å². The highest BCUT2D eigenvalue weighted by Crippen LogP contribution is 2.31. The fraction of sp³-hybridized carbons (Fsp3) is 0.280. The molecule has 0 aromatic heterocycles. The smallest absolute Gasteiger partial charge is 0.416 e. The van der Waals surface area contributed by atoms with Gasteiger partial charge >= 0.3 is 12.3 Å². The van der Waals surface area contributed by atoms with Crippen molar-refractivity contribution in [3.8, 4) is 0 Å². The number of anilines is 1. The first-order valence-corrected chi connectivity index (χ1v) is 11.0. The van der Waals surface area contributed by atoms with Crippen LogP contribution in [0.5, 0.6) is 0 Å². The van der Waals surface area contributed by atoms with Crippen LogP contribution in [0.4, 0.5) is 23.7 Å². The summed E-state index contributed by atoms with van der Waals surface area (Å²) in [5.41, 5.74) is -0.140. The van der Waals surface area contributed by atoms with Gasteiger partial charge in [-0.15, -0.1) is 0 Å². The van der Waals surface area contributed by atoms with Crippen LogP contribution in [0.25, 0.3) is 10.8 Å². The van der Waals surface area contributed by atoms with Crippen molar-refractivity contribution in [3.05, 3.63) is 77.9 Å². The van der Waals surface area contributed by atoms with E-state index in [0.717, 1.165) is 35.0 Å². The van der Waals surface area contributed by atoms with Crippen molar-refractivity contribution in [1.82, 2.24) is 5.32 Å². The number of hydrogen-bond donors (Lipinski definition) is 2. The Hall–Kier alpha value is -3.63. The number of benzene rings is 3. The topological polar surface area (TPSA) is 85.9 Å². The fourth-order valence-electron chi connectivity index (χ4n) is 4.36. The number of carbonyl (C=O) groups excluding carboxylic acids is 2. The van der Waals surface area contributed by atoms with Gasteiger partial charge < -0.3 is 19.5 Å². The van der Waals surface area contributed by atoms with Crippen molar-refractivity contribution < 1.29 is 37.0 Å². The molecule has 0 saturated carbocycles. The summed E-state index contributed by atoms with van der Waals surface area (Å²) in [5.74, 6) is -0.547. The first-order valence-electron chi connectivity index (χ1n) is 11.0. The van der Waals surface area contributed by atoms with E-state index in [0.29, 0.717) is 5.69 Å². The summed E-state index contributed by atoms with van der Waals surface area (Å²) in [6.45, 7) is 0.206. The number of rotatable bonds is 4. The maximum Gasteiger partial charge on any atom is 0.416 e. The fourth-order valence-corrected chi connectivity index (χ4v) is 4.36. The van der Waals surface area contributed by atoms with E-state index in [9.17, 15) is 22.8 Å². The zero-order chi connectivity index (χ0) is 24.6. The predicted molar refractivity (Wildman–Crippen MR) is 120 cm³/mol. The summed E-state index contributed by atoms with van der Waals surface area (Å²) >= 11 is 0. The Labute approximate surface area is 198 Å². The number of alkyl halides is 3. The third-order valence-electron chi connectivity index (χ3n) is 6.08. The van der Waals surface area contributed by atoms with Crippen LogP contribution in [0.2, 0.25) is 0 Å². The molecule has 3 aromatic carbocycles. The molecule has 2 heterocycles. The molecule has 7 nitrogen and oxygen atoms in total. The molecule has 10 heteroatoms. The highest BCUT2D eigenvalue weighted by molar-refractivity contribution is 6.00. The van der Waals surface area contributed by atoms with E-state index in [1.165, 1.54) is 0 Å². The minimum absolute atomic E-state index is 0.0849. The molecule has 2 fully saturated rings. The standard InChI is InChI=1S/C25H21F3N2O5/c26-25(27,28)16-10-8-15(9-11-16)23(31)29-19-12-33-22-20(13-34-21(19)22)35-24(32)30-18-7-3-5-14-4-1-2-6-17(14)18/h1-11,19-22H,12-13H2,(H,29,31)(H,30,32)/t19-,20+,21+,22+/m0/s1. The van der Waals surface area contributed by atoms with Crippen molar-refractivity contribution >= 4 is 28.5 Å². The van der Waals surface area contributed by atoms with E-state index in [2.05, 4.69) is 10.6 Å². The second-order valence-electron chi connectivity index (χ2n) is 8.35. The number of amides is 2. The highest BCUT2D eigenvalue weighted by atomic mass is 19.4. The van der Waals surface area contributed by atoms with Gasteiger partial charge in [-0.2, -0.15) is 13.2 Å². The SMILES string of the molecule is O=C(Nc1cccc2ccccc12)O[C@@H]1CO[C@H]2[C@@H]1OC[C@@H]2NC(=O)c1ccc(C(F)(F)F)cc1. The lowest BCUT2D eigenvalue weighted by molar-refractivity contribution is -0.137. The summed E-state index contributed by atoms with van der Waals surface area (Å²) in [4.78, 5) is 25.1. The number of nitrogens with one attached hydrogen (secondary N) is 2. The molecular formula is C25H21F3N2O5. The van der Waals surface area contributed by atoms with Crippen molar-refractivity contribution in [2.45, 2.75) is 30.5 Å². The van der Waals surface area contributed by atoms with E-state index in [4.69, 9.17) is 14.2 Å². The van der Waals surface area contributed by atoms with Gasteiger partial charge in [0.05, 0.1) is 30.5 Å². The molecule has 4 atom stereocenters. The monoisotopic (exact) mass is 486 g/mol. The Morgan fingerprint density at radius 1 is 0.886 bits per heavy atom. The molecule has 182 valence electrons. The average Bonchev–Trinajstić information content (AvgIpc) is 3.42. The third kappa shape index (κ3) is 4.80. The minimum atomic E-state index is -4.48. The lowest BCUT2D eigenvalue weighted by Gasteiger charge is -2.18.